The first-order valence-corrected chi connectivity index (χ1v) is 6.89. The quantitative estimate of drug-likeness (QED) is 0.836. The number of ether oxygens (including phenoxy) is 1. The van der Waals surface area contributed by atoms with Gasteiger partial charge >= 0.3 is 0 Å². The van der Waals surface area contributed by atoms with Crippen molar-refractivity contribution in [1.29, 1.82) is 0 Å². The van der Waals surface area contributed by atoms with Crippen molar-refractivity contribution in [3.05, 3.63) is 35.9 Å². The largest absolute Gasteiger partial charge is 0.375 e. The molecule has 0 aromatic heterocycles. The molecule has 0 saturated carbocycles. The summed E-state index contributed by atoms with van der Waals surface area (Å²) in [6.07, 6.45) is 1.31. The van der Waals surface area contributed by atoms with E-state index in [4.69, 9.17) is 4.74 Å². The van der Waals surface area contributed by atoms with Crippen LogP contribution in [-0.2, 0) is 16.0 Å². The standard InChI is InChI=1S/C15H22N2O2/c1-12(9-13-5-3-2-4-6-13)17-15(18)10-14-11-16-7-8-19-14/h2-6,12,14,16H,7-11H2,1H3,(H,17,18). The molecule has 104 valence electrons. The molecule has 2 rings (SSSR count). The monoisotopic (exact) mass is 262 g/mol. The zero-order valence-corrected chi connectivity index (χ0v) is 11.4. The average molecular weight is 262 g/mol. The van der Waals surface area contributed by atoms with Crippen molar-refractivity contribution in [2.75, 3.05) is 19.7 Å². The van der Waals surface area contributed by atoms with Crippen LogP contribution < -0.4 is 10.6 Å². The summed E-state index contributed by atoms with van der Waals surface area (Å²) in [5, 5.41) is 6.26. The molecular formula is C15H22N2O2. The predicted octanol–water partition coefficient (Wildman–Crippen LogP) is 1.11. The number of hydrogen-bond donors (Lipinski definition) is 2. The molecule has 0 spiro atoms. The van der Waals surface area contributed by atoms with Crippen molar-refractivity contribution in [2.24, 2.45) is 0 Å². The highest BCUT2D eigenvalue weighted by atomic mass is 16.5. The van der Waals surface area contributed by atoms with E-state index in [1.54, 1.807) is 0 Å². The molecule has 1 aromatic rings. The van der Waals surface area contributed by atoms with Crippen LogP contribution in [-0.4, -0.2) is 37.7 Å². The molecular weight excluding hydrogens is 240 g/mol. The van der Waals surface area contributed by atoms with Crippen LogP contribution in [0.4, 0.5) is 0 Å². The van der Waals surface area contributed by atoms with Gasteiger partial charge in [0.15, 0.2) is 0 Å². The zero-order chi connectivity index (χ0) is 13.5. The fourth-order valence-corrected chi connectivity index (χ4v) is 2.31. The molecule has 2 unspecified atom stereocenters. The van der Waals surface area contributed by atoms with E-state index in [9.17, 15) is 4.79 Å². The van der Waals surface area contributed by atoms with Gasteiger partial charge in [-0.3, -0.25) is 4.79 Å². The minimum atomic E-state index is 0.0117. The first-order valence-electron chi connectivity index (χ1n) is 6.89. The molecule has 1 amide bonds. The van der Waals surface area contributed by atoms with Crippen molar-refractivity contribution >= 4 is 5.91 Å². The fraction of sp³-hybridized carbons (Fsp3) is 0.533. The lowest BCUT2D eigenvalue weighted by Gasteiger charge is -2.24. The van der Waals surface area contributed by atoms with E-state index < -0.39 is 0 Å². The van der Waals surface area contributed by atoms with Gasteiger partial charge in [-0.05, 0) is 18.9 Å². The van der Waals surface area contributed by atoms with Gasteiger partial charge in [-0.25, -0.2) is 0 Å². The van der Waals surface area contributed by atoms with Crippen LogP contribution >= 0.6 is 0 Å². The van der Waals surface area contributed by atoms with Crippen molar-refractivity contribution in [3.8, 4) is 0 Å². The van der Waals surface area contributed by atoms with E-state index in [1.165, 1.54) is 5.56 Å². The third kappa shape index (κ3) is 5.01. The van der Waals surface area contributed by atoms with Gasteiger partial charge in [-0.2, -0.15) is 0 Å². The number of morpholine rings is 1. The molecule has 1 saturated heterocycles. The van der Waals surface area contributed by atoms with E-state index in [2.05, 4.69) is 22.8 Å². The molecule has 2 N–H and O–H groups in total. The number of hydrogen-bond acceptors (Lipinski definition) is 3. The third-order valence-electron chi connectivity index (χ3n) is 3.21. The Morgan fingerprint density at radius 1 is 1.47 bits per heavy atom. The van der Waals surface area contributed by atoms with Gasteiger partial charge in [0.05, 0.1) is 19.1 Å². The van der Waals surface area contributed by atoms with Crippen molar-refractivity contribution in [2.45, 2.75) is 31.9 Å². The lowest BCUT2D eigenvalue weighted by Crippen LogP contribution is -2.43. The van der Waals surface area contributed by atoms with Crippen molar-refractivity contribution < 1.29 is 9.53 Å². The van der Waals surface area contributed by atoms with Crippen LogP contribution in [0.5, 0.6) is 0 Å². The second kappa shape index (κ2) is 7.26. The maximum atomic E-state index is 11.9. The van der Waals surface area contributed by atoms with Gasteiger partial charge in [0.25, 0.3) is 0 Å². The summed E-state index contributed by atoms with van der Waals surface area (Å²) in [7, 11) is 0. The van der Waals surface area contributed by atoms with Crippen LogP contribution in [0, 0.1) is 0 Å². The summed E-state index contributed by atoms with van der Waals surface area (Å²) < 4.78 is 5.53. The Morgan fingerprint density at radius 3 is 2.95 bits per heavy atom. The zero-order valence-electron chi connectivity index (χ0n) is 11.4. The third-order valence-corrected chi connectivity index (χ3v) is 3.21. The number of rotatable bonds is 5. The van der Waals surface area contributed by atoms with E-state index in [1.807, 2.05) is 25.1 Å². The smallest absolute Gasteiger partial charge is 0.222 e. The Labute approximate surface area is 114 Å². The van der Waals surface area contributed by atoms with Crippen molar-refractivity contribution in [3.63, 3.8) is 0 Å². The van der Waals surface area contributed by atoms with Crippen LogP contribution in [0.3, 0.4) is 0 Å². The second-order valence-electron chi connectivity index (χ2n) is 5.06. The summed E-state index contributed by atoms with van der Waals surface area (Å²) in [6, 6.07) is 10.3. The Hall–Kier alpha value is -1.39. The maximum absolute atomic E-state index is 11.9. The lowest BCUT2D eigenvalue weighted by atomic mass is 10.1. The molecule has 0 radical (unpaired) electrons. The molecule has 1 aromatic carbocycles. The predicted molar refractivity (Wildman–Crippen MR) is 75.0 cm³/mol. The van der Waals surface area contributed by atoms with Crippen molar-refractivity contribution in [1.82, 2.24) is 10.6 Å². The minimum Gasteiger partial charge on any atom is -0.375 e. The normalized spacial score (nSPS) is 20.8. The fourth-order valence-electron chi connectivity index (χ4n) is 2.31. The molecule has 0 aliphatic carbocycles. The first-order chi connectivity index (χ1) is 9.24. The molecule has 19 heavy (non-hydrogen) atoms. The first kappa shape index (κ1) is 14.0. The number of amides is 1. The Morgan fingerprint density at radius 2 is 2.26 bits per heavy atom. The van der Waals surface area contributed by atoms with Crippen LogP contribution in [0.25, 0.3) is 0 Å². The summed E-state index contributed by atoms with van der Waals surface area (Å²) in [4.78, 5) is 11.9. The number of nitrogens with one attached hydrogen (secondary N) is 2. The maximum Gasteiger partial charge on any atom is 0.222 e. The van der Waals surface area contributed by atoms with Gasteiger partial charge in [0.1, 0.15) is 0 Å². The molecule has 1 heterocycles. The van der Waals surface area contributed by atoms with E-state index >= 15 is 0 Å². The van der Waals surface area contributed by atoms with Gasteiger partial charge < -0.3 is 15.4 Å². The highest BCUT2D eigenvalue weighted by Crippen LogP contribution is 2.05. The molecule has 1 aliphatic heterocycles. The molecule has 4 heteroatoms. The number of carbonyl (C=O) groups excluding carboxylic acids is 1. The van der Waals surface area contributed by atoms with E-state index in [0.717, 1.165) is 19.5 Å². The second-order valence-corrected chi connectivity index (χ2v) is 5.06. The Bertz CT molecular complexity index is 388. The number of carbonyl (C=O) groups is 1. The summed E-state index contributed by atoms with van der Waals surface area (Å²) in [6.45, 7) is 4.37. The Kier molecular flexibility index (Phi) is 5.36. The molecule has 4 nitrogen and oxygen atoms in total. The lowest BCUT2D eigenvalue weighted by molar-refractivity contribution is -0.125. The summed E-state index contributed by atoms with van der Waals surface area (Å²) in [5.74, 6) is 0.0668. The topological polar surface area (TPSA) is 50.4 Å². The minimum absolute atomic E-state index is 0.0117. The van der Waals surface area contributed by atoms with Crippen LogP contribution in [0.15, 0.2) is 30.3 Å². The van der Waals surface area contributed by atoms with Crippen LogP contribution in [0.1, 0.15) is 18.9 Å². The van der Waals surface area contributed by atoms with E-state index in [-0.39, 0.29) is 18.1 Å². The SMILES string of the molecule is CC(Cc1ccccc1)NC(=O)CC1CNCCO1. The Balaban J connectivity index is 1.72. The number of benzene rings is 1. The molecule has 1 fully saturated rings. The average Bonchev–Trinajstić information content (AvgIpc) is 2.40. The summed E-state index contributed by atoms with van der Waals surface area (Å²) >= 11 is 0. The summed E-state index contributed by atoms with van der Waals surface area (Å²) in [5.41, 5.74) is 1.24. The molecule has 2 atom stereocenters. The highest BCUT2D eigenvalue weighted by Gasteiger charge is 2.18. The molecule has 1 aliphatic rings. The van der Waals surface area contributed by atoms with Gasteiger partial charge in [0, 0.05) is 19.1 Å². The van der Waals surface area contributed by atoms with E-state index in [0.29, 0.717) is 13.0 Å². The van der Waals surface area contributed by atoms with Gasteiger partial charge in [-0.1, -0.05) is 30.3 Å². The van der Waals surface area contributed by atoms with Gasteiger partial charge in [-0.15, -0.1) is 0 Å². The highest BCUT2D eigenvalue weighted by molar-refractivity contribution is 5.76. The van der Waals surface area contributed by atoms with Crippen LogP contribution in [0.2, 0.25) is 0 Å². The van der Waals surface area contributed by atoms with Gasteiger partial charge in [0.2, 0.25) is 5.91 Å². The molecule has 0 bridgehead atoms.